The van der Waals surface area contributed by atoms with Crippen molar-refractivity contribution in [3.63, 3.8) is 0 Å². The third kappa shape index (κ3) is 5.18. The molecule has 156 valence electrons. The normalized spacial score (nSPS) is 10.8. The Labute approximate surface area is 174 Å². The fraction of sp³-hybridized carbons (Fsp3) is 0.316. The Bertz CT molecular complexity index is 1020. The molecule has 0 aliphatic rings. The van der Waals surface area contributed by atoms with Crippen LogP contribution in [-0.4, -0.2) is 21.9 Å². The molecule has 1 amide bonds. The van der Waals surface area contributed by atoms with E-state index in [0.29, 0.717) is 26.3 Å². The summed E-state index contributed by atoms with van der Waals surface area (Å²) in [5, 5.41) is 11.5. The molecule has 3 N–H and O–H groups in total. The van der Waals surface area contributed by atoms with Crippen LogP contribution in [0.2, 0.25) is 0 Å². The lowest BCUT2D eigenvalue weighted by Crippen LogP contribution is -2.22. The third-order valence-electron chi connectivity index (χ3n) is 4.01. The number of aromatic nitrogens is 2. The van der Waals surface area contributed by atoms with E-state index in [-0.39, 0.29) is 23.2 Å². The minimum atomic E-state index is -2.70. The molecule has 2 heterocycles. The minimum absolute atomic E-state index is 0.0345. The van der Waals surface area contributed by atoms with Gasteiger partial charge in [0.05, 0.1) is 11.4 Å². The van der Waals surface area contributed by atoms with E-state index in [0.717, 1.165) is 28.7 Å². The first kappa shape index (κ1) is 23.0. The van der Waals surface area contributed by atoms with Gasteiger partial charge in [-0.05, 0) is 37.1 Å². The summed E-state index contributed by atoms with van der Waals surface area (Å²) < 4.78 is 38.5. The van der Waals surface area contributed by atoms with Gasteiger partial charge < -0.3 is 11.1 Å². The highest BCUT2D eigenvalue weighted by Crippen LogP contribution is 2.34. The van der Waals surface area contributed by atoms with Crippen molar-refractivity contribution >= 4 is 44.9 Å². The average molecular weight is 443 g/mol. The average Bonchev–Trinajstić information content (AvgIpc) is 3.03. The molecule has 5 nitrogen and oxygen atoms in total. The van der Waals surface area contributed by atoms with E-state index >= 15 is 0 Å². The van der Waals surface area contributed by atoms with Gasteiger partial charge in [0, 0.05) is 16.8 Å². The number of rotatable bonds is 5. The Morgan fingerprint density at radius 2 is 1.97 bits per heavy atom. The molecule has 0 saturated carbocycles. The molecule has 0 saturated heterocycles. The number of benzene rings is 1. The fourth-order valence-corrected chi connectivity index (χ4v) is 4.04. The van der Waals surface area contributed by atoms with E-state index in [2.05, 4.69) is 15.5 Å². The number of anilines is 1. The Hall–Kier alpha value is -2.33. The highest BCUT2D eigenvalue weighted by atomic mass is 32.2. The van der Waals surface area contributed by atoms with Gasteiger partial charge in [0.15, 0.2) is 0 Å². The van der Waals surface area contributed by atoms with Gasteiger partial charge in [-0.1, -0.05) is 31.7 Å². The van der Waals surface area contributed by atoms with Gasteiger partial charge in [-0.3, -0.25) is 4.79 Å². The van der Waals surface area contributed by atoms with Crippen molar-refractivity contribution in [1.82, 2.24) is 15.5 Å². The monoisotopic (exact) mass is 442 g/mol. The van der Waals surface area contributed by atoms with Crippen LogP contribution in [0.25, 0.3) is 10.2 Å². The van der Waals surface area contributed by atoms with Crippen LogP contribution in [0.4, 0.5) is 18.9 Å². The van der Waals surface area contributed by atoms with Crippen molar-refractivity contribution in [2.24, 2.45) is 0 Å². The Morgan fingerprint density at radius 1 is 1.28 bits per heavy atom. The summed E-state index contributed by atoms with van der Waals surface area (Å²) in [7, 11) is 0. The number of nitrogens with two attached hydrogens (primary N) is 1. The highest BCUT2D eigenvalue weighted by molar-refractivity contribution is 7.99. The molecule has 0 spiro atoms. The number of halogens is 3. The van der Waals surface area contributed by atoms with Crippen molar-refractivity contribution < 1.29 is 18.0 Å². The van der Waals surface area contributed by atoms with Crippen molar-refractivity contribution in [2.45, 2.75) is 44.9 Å². The van der Waals surface area contributed by atoms with Gasteiger partial charge in [-0.15, -0.1) is 16.4 Å². The van der Waals surface area contributed by atoms with Crippen LogP contribution in [0.1, 0.15) is 40.3 Å². The van der Waals surface area contributed by atoms with E-state index in [1.54, 1.807) is 0 Å². The summed E-state index contributed by atoms with van der Waals surface area (Å²) in [6.07, 6.45) is 0. The minimum Gasteiger partial charge on any atom is -0.397 e. The van der Waals surface area contributed by atoms with E-state index in [9.17, 15) is 18.0 Å². The van der Waals surface area contributed by atoms with Crippen LogP contribution < -0.4 is 11.1 Å². The maximum atomic E-state index is 13.8. The fourth-order valence-electron chi connectivity index (χ4n) is 2.52. The number of hydrogen-bond acceptors (Lipinski definition) is 6. The quantitative estimate of drug-likeness (QED) is 0.524. The van der Waals surface area contributed by atoms with E-state index in [1.165, 1.54) is 12.1 Å². The van der Waals surface area contributed by atoms with Gasteiger partial charge in [-0.2, -0.15) is 13.9 Å². The van der Waals surface area contributed by atoms with Crippen LogP contribution >= 0.6 is 23.1 Å². The van der Waals surface area contributed by atoms with Gasteiger partial charge in [0.25, 0.3) is 11.7 Å². The smallest absolute Gasteiger partial charge is 0.289 e. The molecular formula is C19H21F3N4OS2. The third-order valence-corrected chi connectivity index (χ3v) is 5.86. The molecule has 29 heavy (non-hydrogen) atoms. The van der Waals surface area contributed by atoms with Crippen LogP contribution in [0.5, 0.6) is 0 Å². The number of nitrogens with one attached hydrogen (secondary N) is 1. The molecule has 3 rings (SSSR count). The topological polar surface area (TPSA) is 80.9 Å². The molecule has 1 aromatic carbocycles. The Balaban J connectivity index is 0.00000145. The number of amides is 1. The number of nitrogens with zero attached hydrogens (tertiary/aromatic N) is 2. The zero-order valence-corrected chi connectivity index (χ0v) is 18.0. The molecule has 0 aliphatic carbocycles. The molecule has 2 aromatic heterocycles. The number of fused-ring (bicyclic) bond motifs is 1. The first-order valence-electron chi connectivity index (χ1n) is 8.81. The number of hydrogen-bond donors (Lipinski definition) is 2. The number of carbonyl (C=O) groups excluding carboxylic acids is 1. The van der Waals surface area contributed by atoms with Gasteiger partial charge in [0.1, 0.15) is 15.5 Å². The summed E-state index contributed by atoms with van der Waals surface area (Å²) in [6.45, 7) is 7.70. The van der Waals surface area contributed by atoms with Crippen molar-refractivity contribution in [3.05, 3.63) is 45.7 Å². The second-order valence-corrected chi connectivity index (χ2v) is 7.79. The zero-order chi connectivity index (χ0) is 21.7. The van der Waals surface area contributed by atoms with Gasteiger partial charge >= 0.3 is 0 Å². The maximum absolute atomic E-state index is 13.8. The maximum Gasteiger partial charge on any atom is 0.289 e. The Kier molecular flexibility index (Phi) is 7.86. The summed E-state index contributed by atoms with van der Waals surface area (Å²) in [5.41, 5.74) is 8.49. The number of aryl methyl sites for hydroxylation is 2. The first-order valence-corrected chi connectivity index (χ1v) is 10.5. The van der Waals surface area contributed by atoms with E-state index in [4.69, 9.17) is 5.73 Å². The van der Waals surface area contributed by atoms with E-state index < -0.39 is 17.5 Å². The Morgan fingerprint density at radius 3 is 2.59 bits per heavy atom. The summed E-state index contributed by atoms with van der Waals surface area (Å²) in [6, 6.07) is 3.88. The lowest BCUT2D eigenvalue weighted by atomic mass is 10.1. The molecule has 0 radical (unpaired) electrons. The number of thiophene rings is 1. The molecule has 0 bridgehead atoms. The predicted octanol–water partition coefficient (Wildman–Crippen LogP) is 5.30. The number of nitrogen functional groups attached to an aromatic ring is 1. The number of alkyl halides is 2. The molecule has 3 aromatic rings. The molecule has 0 fully saturated rings. The SMILES string of the molecule is CC.Cc1nnc2sc(C(=O)NCc3ccc(SC(F)F)c(F)c3)c(N)c2c1C. The summed E-state index contributed by atoms with van der Waals surface area (Å²) >= 11 is 1.27. The van der Waals surface area contributed by atoms with Crippen molar-refractivity contribution in [2.75, 3.05) is 5.73 Å². The standard InChI is InChI=1S/C17H15F3N4OS2.C2H6/c1-7-8(2)23-24-16-12(7)13(21)14(27-16)15(25)22-6-9-3-4-11(10(18)5-9)26-17(19)20;1-2/h3-5,17H,6,21H2,1-2H3,(H,22,25);1-2H3. The molecule has 10 heteroatoms. The number of carbonyl (C=O) groups is 1. The van der Waals surface area contributed by atoms with Crippen LogP contribution in [0.15, 0.2) is 23.1 Å². The first-order chi connectivity index (χ1) is 13.8. The lowest BCUT2D eigenvalue weighted by molar-refractivity contribution is 0.0955. The van der Waals surface area contributed by atoms with E-state index in [1.807, 2.05) is 27.7 Å². The van der Waals surface area contributed by atoms with Crippen LogP contribution in [-0.2, 0) is 6.54 Å². The van der Waals surface area contributed by atoms with Gasteiger partial charge in [0.2, 0.25) is 0 Å². The molecule has 0 unspecified atom stereocenters. The molecular weight excluding hydrogens is 421 g/mol. The van der Waals surface area contributed by atoms with Gasteiger partial charge in [-0.25, -0.2) is 4.39 Å². The summed E-state index contributed by atoms with van der Waals surface area (Å²) in [4.78, 5) is 13.2. The van der Waals surface area contributed by atoms with Crippen molar-refractivity contribution in [1.29, 1.82) is 0 Å². The largest absolute Gasteiger partial charge is 0.397 e. The zero-order valence-electron chi connectivity index (χ0n) is 16.3. The number of thioether (sulfide) groups is 1. The summed E-state index contributed by atoms with van der Waals surface area (Å²) in [5.74, 6) is -3.87. The second kappa shape index (κ2) is 9.93. The van der Waals surface area contributed by atoms with Crippen LogP contribution in [0, 0.1) is 19.7 Å². The highest BCUT2D eigenvalue weighted by Gasteiger charge is 2.20. The van der Waals surface area contributed by atoms with Crippen molar-refractivity contribution in [3.8, 4) is 0 Å². The molecule has 0 aliphatic heterocycles. The second-order valence-electron chi connectivity index (χ2n) is 5.76. The lowest BCUT2D eigenvalue weighted by Gasteiger charge is -2.07. The molecule has 0 atom stereocenters. The van der Waals surface area contributed by atoms with Crippen LogP contribution in [0.3, 0.4) is 0 Å². The predicted molar refractivity (Wildman–Crippen MR) is 112 cm³/mol.